The number of anilines is 1. The molecular formula is C8H8N2O4. The molecule has 0 saturated carbocycles. The van der Waals surface area contributed by atoms with Gasteiger partial charge in [-0.3, -0.25) is 4.79 Å². The van der Waals surface area contributed by atoms with Gasteiger partial charge in [0.05, 0.1) is 0 Å². The standard InChI is InChI=1S/C8H8N2O4/c1-10-2-4-6(7(10)8(12)13)9-5(11)3-14-4/h2H,3H2,1H3,(H,9,11)(H,12,13). The van der Waals surface area contributed by atoms with Gasteiger partial charge in [0.1, 0.15) is 5.69 Å². The number of hydrogen-bond acceptors (Lipinski definition) is 3. The quantitative estimate of drug-likeness (QED) is 0.665. The molecule has 0 spiro atoms. The van der Waals surface area contributed by atoms with Crippen LogP contribution in [0.25, 0.3) is 0 Å². The number of aryl methyl sites for hydroxylation is 1. The summed E-state index contributed by atoms with van der Waals surface area (Å²) >= 11 is 0. The third kappa shape index (κ3) is 1.12. The summed E-state index contributed by atoms with van der Waals surface area (Å²) in [5.74, 6) is -1.05. The van der Waals surface area contributed by atoms with Crippen molar-refractivity contribution in [1.29, 1.82) is 0 Å². The van der Waals surface area contributed by atoms with Crippen LogP contribution in [0.15, 0.2) is 6.20 Å². The minimum Gasteiger partial charge on any atom is -0.480 e. The van der Waals surface area contributed by atoms with E-state index in [1.165, 1.54) is 10.8 Å². The van der Waals surface area contributed by atoms with Gasteiger partial charge in [-0.1, -0.05) is 0 Å². The molecule has 1 aromatic rings. The Labute approximate surface area is 79.1 Å². The van der Waals surface area contributed by atoms with E-state index in [1.54, 1.807) is 7.05 Å². The highest BCUT2D eigenvalue weighted by Crippen LogP contribution is 2.32. The van der Waals surface area contributed by atoms with Crippen molar-refractivity contribution in [3.05, 3.63) is 11.9 Å². The van der Waals surface area contributed by atoms with E-state index >= 15 is 0 Å². The zero-order valence-corrected chi connectivity index (χ0v) is 7.40. The van der Waals surface area contributed by atoms with Gasteiger partial charge in [-0.2, -0.15) is 0 Å². The summed E-state index contributed by atoms with van der Waals surface area (Å²) in [5, 5.41) is 11.3. The zero-order chi connectivity index (χ0) is 10.3. The molecule has 2 N–H and O–H groups in total. The van der Waals surface area contributed by atoms with E-state index in [2.05, 4.69) is 5.32 Å². The molecule has 1 aromatic heterocycles. The molecule has 1 aliphatic heterocycles. The monoisotopic (exact) mass is 196 g/mol. The average Bonchev–Trinajstić information content (AvgIpc) is 2.40. The topological polar surface area (TPSA) is 80.6 Å². The largest absolute Gasteiger partial charge is 0.480 e. The van der Waals surface area contributed by atoms with E-state index in [9.17, 15) is 9.59 Å². The Kier molecular flexibility index (Phi) is 1.70. The van der Waals surface area contributed by atoms with Crippen molar-refractivity contribution in [3.63, 3.8) is 0 Å². The molecule has 2 rings (SSSR count). The Morgan fingerprint density at radius 2 is 2.43 bits per heavy atom. The van der Waals surface area contributed by atoms with E-state index < -0.39 is 5.97 Å². The lowest BCUT2D eigenvalue weighted by atomic mass is 10.3. The third-order valence-electron chi connectivity index (χ3n) is 1.97. The number of carbonyl (C=O) groups excluding carboxylic acids is 1. The maximum atomic E-state index is 11.0. The molecular weight excluding hydrogens is 188 g/mol. The molecule has 0 aromatic carbocycles. The van der Waals surface area contributed by atoms with Gasteiger partial charge >= 0.3 is 5.97 Å². The average molecular weight is 196 g/mol. The van der Waals surface area contributed by atoms with Crippen LogP contribution >= 0.6 is 0 Å². The third-order valence-corrected chi connectivity index (χ3v) is 1.97. The number of carboxylic acid groups (broad SMARTS) is 1. The molecule has 6 nitrogen and oxygen atoms in total. The van der Waals surface area contributed by atoms with E-state index in [0.29, 0.717) is 5.75 Å². The number of nitrogens with one attached hydrogen (secondary N) is 1. The highest BCUT2D eigenvalue weighted by molar-refractivity contribution is 6.03. The summed E-state index contributed by atoms with van der Waals surface area (Å²) in [6.07, 6.45) is 1.53. The molecule has 0 aliphatic carbocycles. The predicted octanol–water partition coefficient (Wildman–Crippen LogP) is 0.0542. The number of carboxylic acids is 1. The number of nitrogens with zero attached hydrogens (tertiary/aromatic N) is 1. The van der Waals surface area contributed by atoms with Crippen molar-refractivity contribution in [2.45, 2.75) is 0 Å². The predicted molar refractivity (Wildman–Crippen MR) is 46.5 cm³/mol. The molecule has 74 valence electrons. The smallest absolute Gasteiger partial charge is 0.354 e. The molecule has 0 atom stereocenters. The Hall–Kier alpha value is -1.98. The summed E-state index contributed by atoms with van der Waals surface area (Å²) < 4.78 is 6.45. The Bertz CT molecular complexity index is 421. The fourth-order valence-electron chi connectivity index (χ4n) is 1.40. The van der Waals surface area contributed by atoms with Gasteiger partial charge in [-0.25, -0.2) is 4.79 Å². The molecule has 6 heteroatoms. The van der Waals surface area contributed by atoms with Crippen LogP contribution in [0.2, 0.25) is 0 Å². The summed E-state index contributed by atoms with van der Waals surface area (Å²) in [7, 11) is 1.58. The fourth-order valence-corrected chi connectivity index (χ4v) is 1.40. The van der Waals surface area contributed by atoms with Gasteiger partial charge in [0.25, 0.3) is 5.91 Å². The molecule has 14 heavy (non-hydrogen) atoms. The molecule has 0 unspecified atom stereocenters. The van der Waals surface area contributed by atoms with Crippen molar-refractivity contribution in [2.75, 3.05) is 11.9 Å². The first kappa shape index (κ1) is 8.61. The lowest BCUT2D eigenvalue weighted by molar-refractivity contribution is -0.118. The summed E-state index contributed by atoms with van der Waals surface area (Å²) in [6.45, 7) is -0.0733. The van der Waals surface area contributed by atoms with E-state index in [-0.39, 0.29) is 23.9 Å². The Balaban J connectivity index is 2.56. The number of carbonyl (C=O) groups is 2. The number of rotatable bonds is 1. The van der Waals surface area contributed by atoms with Gasteiger partial charge in [0.2, 0.25) is 0 Å². The van der Waals surface area contributed by atoms with Crippen molar-refractivity contribution in [3.8, 4) is 5.75 Å². The normalized spacial score (nSPS) is 14.2. The second-order valence-electron chi connectivity index (χ2n) is 2.97. The van der Waals surface area contributed by atoms with Crippen LogP contribution in [0.5, 0.6) is 5.75 Å². The van der Waals surface area contributed by atoms with Crippen molar-refractivity contribution in [1.82, 2.24) is 4.57 Å². The number of fused-ring (bicyclic) bond motifs is 1. The molecule has 0 saturated heterocycles. The minimum absolute atomic E-state index is 0.0213. The Morgan fingerprint density at radius 1 is 1.71 bits per heavy atom. The van der Waals surface area contributed by atoms with E-state index in [4.69, 9.17) is 9.84 Å². The van der Waals surface area contributed by atoms with Gasteiger partial charge < -0.3 is 19.7 Å². The van der Waals surface area contributed by atoms with Crippen LogP contribution in [-0.2, 0) is 11.8 Å². The fraction of sp³-hybridized carbons (Fsp3) is 0.250. The first-order valence-electron chi connectivity index (χ1n) is 3.95. The second-order valence-corrected chi connectivity index (χ2v) is 2.97. The maximum Gasteiger partial charge on any atom is 0.354 e. The molecule has 0 bridgehead atoms. The summed E-state index contributed by atoms with van der Waals surface area (Å²) in [5.41, 5.74) is 0.254. The second kappa shape index (κ2) is 2.76. The first-order valence-corrected chi connectivity index (χ1v) is 3.95. The molecule has 0 radical (unpaired) electrons. The highest BCUT2D eigenvalue weighted by Gasteiger charge is 2.26. The van der Waals surface area contributed by atoms with Gasteiger partial charge in [0, 0.05) is 13.2 Å². The number of ether oxygens (including phenoxy) is 1. The molecule has 2 heterocycles. The first-order chi connectivity index (χ1) is 6.59. The van der Waals surface area contributed by atoms with E-state index in [1.807, 2.05) is 0 Å². The Morgan fingerprint density at radius 3 is 3.07 bits per heavy atom. The SMILES string of the molecule is Cn1cc2c(c1C(=O)O)NC(=O)CO2. The van der Waals surface area contributed by atoms with Gasteiger partial charge in [-0.05, 0) is 0 Å². The van der Waals surface area contributed by atoms with Crippen LogP contribution < -0.4 is 10.1 Å². The number of aromatic nitrogens is 1. The number of hydrogen-bond donors (Lipinski definition) is 2. The van der Waals surface area contributed by atoms with Gasteiger partial charge in [0.15, 0.2) is 18.1 Å². The van der Waals surface area contributed by atoms with Crippen molar-refractivity contribution in [2.24, 2.45) is 7.05 Å². The minimum atomic E-state index is -1.10. The van der Waals surface area contributed by atoms with Crippen molar-refractivity contribution < 1.29 is 19.4 Å². The van der Waals surface area contributed by atoms with Crippen LogP contribution in [0.1, 0.15) is 10.5 Å². The lowest BCUT2D eigenvalue weighted by Crippen LogP contribution is -2.25. The molecule has 1 amide bonds. The zero-order valence-electron chi connectivity index (χ0n) is 7.40. The summed E-state index contributed by atoms with van der Waals surface area (Å²) in [4.78, 5) is 21.8. The van der Waals surface area contributed by atoms with Crippen LogP contribution in [0, 0.1) is 0 Å². The van der Waals surface area contributed by atoms with E-state index in [0.717, 1.165) is 0 Å². The van der Waals surface area contributed by atoms with Crippen LogP contribution in [0.4, 0.5) is 5.69 Å². The van der Waals surface area contributed by atoms with Gasteiger partial charge in [-0.15, -0.1) is 0 Å². The highest BCUT2D eigenvalue weighted by atomic mass is 16.5. The molecule has 1 aliphatic rings. The number of amides is 1. The maximum absolute atomic E-state index is 11.0. The molecule has 0 fully saturated rings. The van der Waals surface area contributed by atoms with Crippen molar-refractivity contribution >= 4 is 17.6 Å². The lowest BCUT2D eigenvalue weighted by Gasteiger charge is -2.14. The van der Waals surface area contributed by atoms with Crippen LogP contribution in [0.3, 0.4) is 0 Å². The van der Waals surface area contributed by atoms with Crippen LogP contribution in [-0.4, -0.2) is 28.2 Å². The summed E-state index contributed by atoms with van der Waals surface area (Å²) in [6, 6.07) is 0. The number of aromatic carboxylic acids is 1.